The molecule has 0 aliphatic carbocycles. The summed E-state index contributed by atoms with van der Waals surface area (Å²) >= 11 is 0. The smallest absolute Gasteiger partial charge is 0.272 e. The lowest BCUT2D eigenvalue weighted by Gasteiger charge is -2.50. The van der Waals surface area contributed by atoms with Crippen molar-refractivity contribution in [3.63, 3.8) is 0 Å². The summed E-state index contributed by atoms with van der Waals surface area (Å²) in [6.07, 6.45) is 4.62. The van der Waals surface area contributed by atoms with E-state index in [-0.39, 0.29) is 17.4 Å². The molecule has 0 aromatic carbocycles. The number of aromatic nitrogens is 2. The highest BCUT2D eigenvalue weighted by atomic mass is 16.5. The number of fused-ring (bicyclic) bond motifs is 1. The van der Waals surface area contributed by atoms with Crippen LogP contribution in [0.4, 0.5) is 0 Å². The lowest BCUT2D eigenvalue weighted by Crippen LogP contribution is -2.58. The van der Waals surface area contributed by atoms with Gasteiger partial charge in [-0.3, -0.25) is 4.79 Å². The molecule has 6 heteroatoms. The van der Waals surface area contributed by atoms with Gasteiger partial charge in [0.05, 0.1) is 12.7 Å². The van der Waals surface area contributed by atoms with E-state index in [0.717, 1.165) is 31.6 Å². The van der Waals surface area contributed by atoms with Gasteiger partial charge in [-0.25, -0.2) is 9.97 Å². The first-order chi connectivity index (χ1) is 13.2. The van der Waals surface area contributed by atoms with Crippen LogP contribution in [0.5, 0.6) is 5.88 Å². The van der Waals surface area contributed by atoms with E-state index in [0.29, 0.717) is 31.3 Å². The van der Waals surface area contributed by atoms with E-state index in [1.165, 1.54) is 0 Å². The molecule has 27 heavy (non-hydrogen) atoms. The second-order valence-electron chi connectivity index (χ2n) is 7.46. The van der Waals surface area contributed by atoms with Gasteiger partial charge >= 0.3 is 0 Å². The second kappa shape index (κ2) is 7.64. The second-order valence-corrected chi connectivity index (χ2v) is 7.46. The van der Waals surface area contributed by atoms with Crippen molar-refractivity contribution >= 4 is 5.91 Å². The van der Waals surface area contributed by atoms with Gasteiger partial charge in [0.1, 0.15) is 5.69 Å². The van der Waals surface area contributed by atoms with Crippen LogP contribution < -0.4 is 4.74 Å². The number of piperidine rings is 1. The molecule has 0 saturated carbocycles. The fourth-order valence-corrected chi connectivity index (χ4v) is 4.15. The predicted molar refractivity (Wildman–Crippen MR) is 101 cm³/mol. The maximum Gasteiger partial charge on any atom is 0.272 e. The van der Waals surface area contributed by atoms with Gasteiger partial charge in [-0.15, -0.1) is 0 Å². The minimum atomic E-state index is -0.201. The highest BCUT2D eigenvalue weighted by molar-refractivity contribution is 5.92. The molecular formula is C21H25N3O3. The summed E-state index contributed by atoms with van der Waals surface area (Å²) in [5.74, 6) is 0.597. The number of likely N-dealkylation sites (tertiary alicyclic amines) is 1. The van der Waals surface area contributed by atoms with Crippen LogP contribution in [0.2, 0.25) is 0 Å². The van der Waals surface area contributed by atoms with E-state index in [1.54, 1.807) is 12.3 Å². The van der Waals surface area contributed by atoms with Gasteiger partial charge in [0.2, 0.25) is 5.88 Å². The normalized spacial score (nSPS) is 24.9. The molecule has 0 radical (unpaired) electrons. The highest BCUT2D eigenvalue weighted by Gasteiger charge is 2.48. The Kier molecular flexibility index (Phi) is 5.07. The van der Waals surface area contributed by atoms with Crippen LogP contribution in [0.25, 0.3) is 0 Å². The summed E-state index contributed by atoms with van der Waals surface area (Å²) in [6.45, 7) is 4.49. The average molecular weight is 367 g/mol. The number of hydrogen-bond acceptors (Lipinski definition) is 5. The zero-order valence-electron chi connectivity index (χ0n) is 15.6. The Morgan fingerprint density at radius 2 is 2.26 bits per heavy atom. The van der Waals surface area contributed by atoms with Gasteiger partial charge in [-0.2, -0.15) is 0 Å². The number of carbonyl (C=O) groups excluding carboxylic acids is 1. The molecule has 2 aromatic rings. The lowest BCUT2D eigenvalue weighted by molar-refractivity contribution is -0.133. The van der Waals surface area contributed by atoms with Crippen LogP contribution in [0.15, 0.2) is 42.6 Å². The molecule has 0 unspecified atom stereocenters. The number of pyridine rings is 2. The van der Waals surface area contributed by atoms with Crippen LogP contribution in [0, 0.1) is 12.3 Å². The average Bonchev–Trinajstić information content (AvgIpc) is 2.72. The molecule has 2 aliphatic rings. The molecule has 0 N–H and O–H groups in total. The van der Waals surface area contributed by atoms with Crippen molar-refractivity contribution in [1.82, 2.24) is 14.9 Å². The third-order valence-electron chi connectivity index (χ3n) is 5.53. The zero-order chi connectivity index (χ0) is 18.7. The quantitative estimate of drug-likeness (QED) is 0.831. The Balaban J connectivity index is 1.52. The fraction of sp³-hybridized carbons (Fsp3) is 0.476. The number of aryl methyl sites for hydroxylation is 1. The first-order valence-corrected chi connectivity index (χ1v) is 9.55. The maximum absolute atomic E-state index is 13.0. The standard InChI is InChI=1S/C21H25N3O3/c1-16-6-4-7-17(23-16)20(25)24-12-9-18-21(14-24,10-5-13-26-18)15-27-19-8-2-3-11-22-19/h2-4,6-8,11,18H,5,9-10,12-15H2,1H3/t18-,21+/m0/s1. The van der Waals surface area contributed by atoms with Crippen LogP contribution in [0.3, 0.4) is 0 Å². The summed E-state index contributed by atoms with van der Waals surface area (Å²) in [4.78, 5) is 23.6. The summed E-state index contributed by atoms with van der Waals surface area (Å²) < 4.78 is 12.1. The first-order valence-electron chi connectivity index (χ1n) is 9.55. The maximum atomic E-state index is 13.0. The molecule has 2 fully saturated rings. The van der Waals surface area contributed by atoms with Crippen molar-refractivity contribution in [2.45, 2.75) is 32.3 Å². The van der Waals surface area contributed by atoms with Gasteiger partial charge in [-0.1, -0.05) is 12.1 Å². The van der Waals surface area contributed by atoms with E-state index >= 15 is 0 Å². The Morgan fingerprint density at radius 1 is 1.33 bits per heavy atom. The lowest BCUT2D eigenvalue weighted by atomic mass is 9.73. The van der Waals surface area contributed by atoms with Crippen molar-refractivity contribution in [1.29, 1.82) is 0 Å². The monoisotopic (exact) mass is 367 g/mol. The molecule has 6 nitrogen and oxygen atoms in total. The number of carbonyl (C=O) groups is 1. The molecule has 2 aliphatic heterocycles. The minimum Gasteiger partial charge on any atom is -0.477 e. The van der Waals surface area contributed by atoms with Crippen molar-refractivity contribution in [2.24, 2.45) is 5.41 Å². The summed E-state index contributed by atoms with van der Waals surface area (Å²) in [5.41, 5.74) is 1.16. The molecule has 2 aromatic heterocycles. The fourth-order valence-electron chi connectivity index (χ4n) is 4.15. The number of amides is 1. The van der Waals surface area contributed by atoms with E-state index in [2.05, 4.69) is 9.97 Å². The first kappa shape index (κ1) is 17.9. The minimum absolute atomic E-state index is 0.0139. The Morgan fingerprint density at radius 3 is 3.07 bits per heavy atom. The van der Waals surface area contributed by atoms with Gasteiger partial charge < -0.3 is 14.4 Å². The van der Waals surface area contributed by atoms with Crippen molar-refractivity contribution in [2.75, 3.05) is 26.3 Å². The number of nitrogens with zero attached hydrogens (tertiary/aromatic N) is 3. The van der Waals surface area contributed by atoms with Gasteiger partial charge in [0.25, 0.3) is 5.91 Å². The Labute approximate surface area is 159 Å². The zero-order valence-corrected chi connectivity index (χ0v) is 15.6. The molecule has 1 amide bonds. The molecular weight excluding hydrogens is 342 g/mol. The van der Waals surface area contributed by atoms with Gasteiger partial charge in [0, 0.05) is 43.1 Å². The molecule has 0 bridgehead atoms. The summed E-state index contributed by atoms with van der Waals surface area (Å²) in [5, 5.41) is 0. The molecule has 4 rings (SSSR count). The van der Waals surface area contributed by atoms with Crippen molar-refractivity contribution in [3.8, 4) is 5.88 Å². The number of rotatable bonds is 4. The predicted octanol–water partition coefficient (Wildman–Crippen LogP) is 2.88. The van der Waals surface area contributed by atoms with Crippen LogP contribution in [-0.4, -0.2) is 53.2 Å². The van der Waals surface area contributed by atoms with E-state index in [4.69, 9.17) is 9.47 Å². The largest absolute Gasteiger partial charge is 0.477 e. The van der Waals surface area contributed by atoms with Gasteiger partial charge in [-0.05, 0) is 44.4 Å². The van der Waals surface area contributed by atoms with E-state index < -0.39 is 0 Å². The number of hydrogen-bond donors (Lipinski definition) is 0. The summed E-state index contributed by atoms with van der Waals surface area (Å²) in [6, 6.07) is 11.2. The third kappa shape index (κ3) is 3.81. The summed E-state index contributed by atoms with van der Waals surface area (Å²) in [7, 11) is 0. The Bertz CT molecular complexity index is 798. The SMILES string of the molecule is Cc1cccc(C(=O)N2CC[C@@H]3OCCC[C@]3(COc3ccccn3)C2)n1. The van der Waals surface area contributed by atoms with Crippen LogP contribution in [-0.2, 0) is 4.74 Å². The number of ether oxygens (including phenoxy) is 2. The molecule has 0 spiro atoms. The van der Waals surface area contributed by atoms with E-state index in [1.807, 2.05) is 42.2 Å². The topological polar surface area (TPSA) is 64.6 Å². The van der Waals surface area contributed by atoms with Crippen LogP contribution in [0.1, 0.15) is 35.4 Å². The van der Waals surface area contributed by atoms with E-state index in [9.17, 15) is 4.79 Å². The highest BCUT2D eigenvalue weighted by Crippen LogP contribution is 2.40. The third-order valence-corrected chi connectivity index (χ3v) is 5.53. The van der Waals surface area contributed by atoms with Gasteiger partial charge in [0.15, 0.2) is 0 Å². The van der Waals surface area contributed by atoms with Crippen LogP contribution >= 0.6 is 0 Å². The Hall–Kier alpha value is -2.47. The molecule has 4 heterocycles. The van der Waals surface area contributed by atoms with Crippen molar-refractivity contribution < 1.29 is 14.3 Å². The van der Waals surface area contributed by atoms with Crippen molar-refractivity contribution in [3.05, 3.63) is 54.0 Å². The molecule has 142 valence electrons. The molecule has 2 atom stereocenters. The molecule has 2 saturated heterocycles.